The first-order valence-electron chi connectivity index (χ1n) is 7.63. The largest absolute Gasteiger partial charge is 0.347 e. The second-order valence-corrected chi connectivity index (χ2v) is 8.74. The Morgan fingerprint density at radius 3 is 2.96 bits per heavy atom. The van der Waals surface area contributed by atoms with Gasteiger partial charge in [0.25, 0.3) is 5.91 Å². The second-order valence-electron chi connectivity index (χ2n) is 5.90. The highest BCUT2D eigenvalue weighted by atomic mass is 35.5. The molecule has 2 fully saturated rings. The van der Waals surface area contributed by atoms with Crippen molar-refractivity contribution in [2.45, 2.75) is 46.6 Å². The molecule has 3 unspecified atom stereocenters. The average Bonchev–Trinajstić information content (AvgIpc) is 3.26. The quantitative estimate of drug-likeness (QED) is 0.869. The molecule has 4 nitrogen and oxygen atoms in total. The number of pyridine rings is 1. The molecule has 0 aliphatic carbocycles. The topological polar surface area (TPSA) is 54.0 Å². The summed E-state index contributed by atoms with van der Waals surface area (Å²) in [5, 5.41) is 8.22. The van der Waals surface area contributed by atoms with Crippen LogP contribution in [-0.4, -0.2) is 29.0 Å². The third-order valence-electron chi connectivity index (χ3n) is 4.33. The van der Waals surface area contributed by atoms with Crippen LogP contribution in [0.4, 0.5) is 0 Å². The Labute approximate surface area is 148 Å². The number of fused-ring (bicyclic) bond motifs is 2. The standard InChI is InChI=1S/C16H16ClN3OS2/c17-9-1-5-14(18-8-9)23-15-6-4-13(22-15)16(21)20-12-7-10-2-3-11(12)19-10/h1,4-6,8,10-12,19H,2-3,7H2,(H,20,21). The summed E-state index contributed by atoms with van der Waals surface area (Å²) in [7, 11) is 0. The summed E-state index contributed by atoms with van der Waals surface area (Å²) in [5.74, 6) is 0.0327. The SMILES string of the molecule is O=C(NC1CC2CCC1N2)c1ccc(Sc2ccc(Cl)cn2)s1. The van der Waals surface area contributed by atoms with Gasteiger partial charge in [0.15, 0.2) is 0 Å². The molecule has 0 radical (unpaired) electrons. The summed E-state index contributed by atoms with van der Waals surface area (Å²) < 4.78 is 1.05. The number of hydrogen-bond donors (Lipinski definition) is 2. The van der Waals surface area contributed by atoms with E-state index in [1.54, 1.807) is 18.0 Å². The molecular formula is C16H16ClN3OS2. The number of carbonyl (C=O) groups excluding carboxylic acids is 1. The van der Waals surface area contributed by atoms with Gasteiger partial charge < -0.3 is 10.6 Å². The van der Waals surface area contributed by atoms with Gasteiger partial charge in [0.1, 0.15) is 5.03 Å². The van der Waals surface area contributed by atoms with Crippen LogP contribution in [-0.2, 0) is 0 Å². The molecule has 4 heterocycles. The minimum absolute atomic E-state index is 0.0327. The number of aromatic nitrogens is 1. The molecule has 2 aliphatic rings. The van der Waals surface area contributed by atoms with Crippen LogP contribution in [0.3, 0.4) is 0 Å². The molecule has 2 N–H and O–H groups in total. The van der Waals surface area contributed by atoms with Crippen LogP contribution >= 0.6 is 34.7 Å². The minimum atomic E-state index is 0.0327. The Kier molecular flexibility index (Phi) is 4.32. The number of rotatable bonds is 4. The zero-order valence-corrected chi connectivity index (χ0v) is 14.7. The number of nitrogens with zero attached hydrogens (tertiary/aromatic N) is 1. The minimum Gasteiger partial charge on any atom is -0.347 e. The van der Waals surface area contributed by atoms with Gasteiger partial charge in [-0.15, -0.1) is 11.3 Å². The van der Waals surface area contributed by atoms with Gasteiger partial charge in [-0.2, -0.15) is 0 Å². The van der Waals surface area contributed by atoms with Crippen LogP contribution in [0.1, 0.15) is 28.9 Å². The van der Waals surface area contributed by atoms with Crippen molar-refractivity contribution in [1.29, 1.82) is 0 Å². The number of amides is 1. The highest BCUT2D eigenvalue weighted by molar-refractivity contribution is 8.01. The Morgan fingerprint density at radius 2 is 2.26 bits per heavy atom. The van der Waals surface area contributed by atoms with E-state index >= 15 is 0 Å². The molecular weight excluding hydrogens is 350 g/mol. The molecule has 2 saturated heterocycles. The maximum Gasteiger partial charge on any atom is 0.261 e. The third kappa shape index (κ3) is 3.40. The highest BCUT2D eigenvalue weighted by Gasteiger charge is 2.39. The van der Waals surface area contributed by atoms with E-state index in [0.717, 1.165) is 20.5 Å². The average molecular weight is 366 g/mol. The van der Waals surface area contributed by atoms with Crippen molar-refractivity contribution in [3.05, 3.63) is 40.4 Å². The van der Waals surface area contributed by atoms with Crippen molar-refractivity contribution < 1.29 is 4.79 Å². The van der Waals surface area contributed by atoms with E-state index in [9.17, 15) is 4.79 Å². The summed E-state index contributed by atoms with van der Waals surface area (Å²) in [6, 6.07) is 8.88. The number of halogens is 1. The van der Waals surface area contributed by atoms with E-state index in [2.05, 4.69) is 15.6 Å². The molecule has 1 amide bonds. The maximum absolute atomic E-state index is 12.4. The van der Waals surface area contributed by atoms with Gasteiger partial charge in [0, 0.05) is 24.3 Å². The lowest BCUT2D eigenvalue weighted by Gasteiger charge is -2.20. The second kappa shape index (κ2) is 6.43. The first-order valence-corrected chi connectivity index (χ1v) is 9.64. The molecule has 3 atom stereocenters. The molecule has 0 spiro atoms. The smallest absolute Gasteiger partial charge is 0.261 e. The number of carbonyl (C=O) groups is 1. The van der Waals surface area contributed by atoms with Gasteiger partial charge in [-0.1, -0.05) is 23.4 Å². The Hall–Kier alpha value is -1.08. The molecule has 2 aromatic rings. The van der Waals surface area contributed by atoms with Crippen molar-refractivity contribution in [2.75, 3.05) is 0 Å². The number of hydrogen-bond acceptors (Lipinski definition) is 5. The van der Waals surface area contributed by atoms with Gasteiger partial charge in [-0.05, 0) is 43.5 Å². The Balaban J connectivity index is 1.39. The summed E-state index contributed by atoms with van der Waals surface area (Å²) in [6.07, 6.45) is 5.10. The lowest BCUT2D eigenvalue weighted by atomic mass is 9.95. The third-order valence-corrected chi connectivity index (χ3v) is 6.72. The van der Waals surface area contributed by atoms with Crippen molar-refractivity contribution in [3.63, 3.8) is 0 Å². The van der Waals surface area contributed by atoms with Crippen LogP contribution in [0.5, 0.6) is 0 Å². The van der Waals surface area contributed by atoms with Gasteiger partial charge >= 0.3 is 0 Å². The summed E-state index contributed by atoms with van der Waals surface area (Å²) >= 11 is 8.89. The Morgan fingerprint density at radius 1 is 1.35 bits per heavy atom. The van der Waals surface area contributed by atoms with E-state index in [1.165, 1.54) is 24.2 Å². The van der Waals surface area contributed by atoms with Crippen LogP contribution in [0.2, 0.25) is 5.02 Å². The van der Waals surface area contributed by atoms with Gasteiger partial charge in [-0.25, -0.2) is 4.98 Å². The first kappa shape index (κ1) is 15.4. The van der Waals surface area contributed by atoms with Crippen molar-refractivity contribution in [2.24, 2.45) is 0 Å². The predicted octanol–water partition coefficient (Wildman–Crippen LogP) is 3.57. The van der Waals surface area contributed by atoms with Crippen molar-refractivity contribution in [1.82, 2.24) is 15.6 Å². The van der Waals surface area contributed by atoms with E-state index in [-0.39, 0.29) is 11.9 Å². The maximum atomic E-state index is 12.4. The van der Waals surface area contributed by atoms with E-state index < -0.39 is 0 Å². The summed E-state index contributed by atoms with van der Waals surface area (Å²) in [4.78, 5) is 17.4. The molecule has 2 aromatic heterocycles. The first-order chi connectivity index (χ1) is 11.2. The summed E-state index contributed by atoms with van der Waals surface area (Å²) in [5.41, 5.74) is 0. The van der Waals surface area contributed by atoms with Gasteiger partial charge in [0.2, 0.25) is 0 Å². The summed E-state index contributed by atoms with van der Waals surface area (Å²) in [6.45, 7) is 0. The number of nitrogens with one attached hydrogen (secondary N) is 2. The molecule has 7 heteroatoms. The fraction of sp³-hybridized carbons (Fsp3) is 0.375. The van der Waals surface area contributed by atoms with Crippen LogP contribution < -0.4 is 10.6 Å². The van der Waals surface area contributed by atoms with Gasteiger partial charge in [-0.3, -0.25) is 4.79 Å². The molecule has 2 bridgehead atoms. The van der Waals surface area contributed by atoms with Crippen molar-refractivity contribution in [3.8, 4) is 0 Å². The van der Waals surface area contributed by atoms with E-state index in [1.807, 2.05) is 24.3 Å². The Bertz CT molecular complexity index is 718. The molecule has 0 saturated carbocycles. The van der Waals surface area contributed by atoms with Crippen LogP contribution in [0, 0.1) is 0 Å². The lowest BCUT2D eigenvalue weighted by Crippen LogP contribution is -2.42. The number of thiophene rings is 1. The van der Waals surface area contributed by atoms with Gasteiger partial charge in [0.05, 0.1) is 14.1 Å². The fourth-order valence-electron chi connectivity index (χ4n) is 3.25. The molecule has 120 valence electrons. The molecule has 0 aromatic carbocycles. The van der Waals surface area contributed by atoms with E-state index in [0.29, 0.717) is 17.1 Å². The van der Waals surface area contributed by atoms with Crippen LogP contribution in [0.25, 0.3) is 0 Å². The van der Waals surface area contributed by atoms with E-state index in [4.69, 9.17) is 11.6 Å². The zero-order chi connectivity index (χ0) is 15.8. The van der Waals surface area contributed by atoms with Crippen LogP contribution in [0.15, 0.2) is 39.7 Å². The normalized spacial score (nSPS) is 25.7. The lowest BCUT2D eigenvalue weighted by molar-refractivity contribution is 0.0935. The monoisotopic (exact) mass is 365 g/mol. The predicted molar refractivity (Wildman–Crippen MR) is 93.5 cm³/mol. The highest BCUT2D eigenvalue weighted by Crippen LogP contribution is 2.33. The molecule has 2 aliphatic heterocycles. The molecule has 23 heavy (non-hydrogen) atoms. The molecule has 4 rings (SSSR count). The fourth-order valence-corrected chi connectivity index (χ4v) is 5.27. The zero-order valence-electron chi connectivity index (χ0n) is 12.3. The van der Waals surface area contributed by atoms with Crippen molar-refractivity contribution >= 4 is 40.6 Å².